The highest BCUT2D eigenvalue weighted by Gasteiger charge is 2.20. The van der Waals surface area contributed by atoms with E-state index in [2.05, 4.69) is 37.5 Å². The third kappa shape index (κ3) is 6.53. The van der Waals surface area contributed by atoms with E-state index in [4.69, 9.17) is 0 Å². The summed E-state index contributed by atoms with van der Waals surface area (Å²) in [7, 11) is 1.71. The van der Waals surface area contributed by atoms with Gasteiger partial charge in [0.2, 0.25) is 6.41 Å². The van der Waals surface area contributed by atoms with Gasteiger partial charge in [0.05, 0.1) is 5.52 Å². The molecule has 0 saturated carbocycles. The predicted molar refractivity (Wildman–Crippen MR) is 141 cm³/mol. The maximum absolute atomic E-state index is 13.4. The lowest BCUT2D eigenvalue weighted by Crippen LogP contribution is -2.49. The molecule has 0 aliphatic carbocycles. The zero-order valence-electron chi connectivity index (χ0n) is 21.6. The number of anilines is 2. The van der Waals surface area contributed by atoms with E-state index in [1.807, 2.05) is 32.9 Å². The van der Waals surface area contributed by atoms with Gasteiger partial charge in [0.25, 0.3) is 6.43 Å². The van der Waals surface area contributed by atoms with Crippen LogP contribution in [0.1, 0.15) is 38.6 Å². The Hall–Kier alpha value is -3.73. The molecule has 2 N–H and O–H groups in total. The molecule has 0 bridgehead atoms. The van der Waals surface area contributed by atoms with Gasteiger partial charge in [-0.3, -0.25) is 9.48 Å². The van der Waals surface area contributed by atoms with Crippen molar-refractivity contribution in [2.24, 2.45) is 7.05 Å². The van der Waals surface area contributed by atoms with Crippen molar-refractivity contribution < 1.29 is 18.0 Å². The fourth-order valence-electron chi connectivity index (χ4n) is 4.15. The molecule has 0 spiro atoms. The minimum atomic E-state index is -2.64. The number of fused-ring (bicyclic) bond motifs is 2. The summed E-state index contributed by atoms with van der Waals surface area (Å²) in [6, 6.07) is 7.27. The normalized spacial score (nSPS) is 15.2. The molecule has 1 fully saturated rings. The number of halogens is 3. The molecule has 37 heavy (non-hydrogen) atoms. The molecule has 4 aromatic rings. The van der Waals surface area contributed by atoms with Crippen molar-refractivity contribution in [1.29, 1.82) is 0 Å². The van der Waals surface area contributed by atoms with E-state index in [-0.39, 0.29) is 0 Å². The summed E-state index contributed by atoms with van der Waals surface area (Å²) in [5.41, 5.74) is 3.26. The molecule has 1 unspecified atom stereocenters. The van der Waals surface area contributed by atoms with Gasteiger partial charge < -0.3 is 15.5 Å². The van der Waals surface area contributed by atoms with Gasteiger partial charge in [-0.25, -0.2) is 23.1 Å². The predicted octanol–water partition coefficient (Wildman–Crippen LogP) is 4.98. The number of carbonyl (C=O) groups is 1. The fourth-order valence-corrected chi connectivity index (χ4v) is 4.15. The Morgan fingerprint density at radius 1 is 1.22 bits per heavy atom. The molecular formula is C26H32F3N7O. The molecule has 11 heteroatoms. The zero-order chi connectivity index (χ0) is 27.1. The lowest BCUT2D eigenvalue weighted by molar-refractivity contribution is -0.105. The van der Waals surface area contributed by atoms with Crippen molar-refractivity contribution in [2.45, 2.75) is 40.2 Å². The van der Waals surface area contributed by atoms with E-state index >= 15 is 0 Å². The first-order valence-electron chi connectivity index (χ1n) is 12.1. The molecule has 3 heterocycles. The van der Waals surface area contributed by atoms with Crippen LogP contribution in [0.5, 0.6) is 0 Å². The number of aromatic nitrogens is 4. The molecule has 1 aliphatic heterocycles. The Bertz CT molecular complexity index is 1360. The van der Waals surface area contributed by atoms with Crippen LogP contribution in [0.25, 0.3) is 21.8 Å². The number of benzene rings is 2. The first-order chi connectivity index (χ1) is 17.8. The standard InChI is InChI=1S/C15H18F2N4.C9H8FN3O.C2H6/c1-9-3-4-12(21-6-5-18-10(2)8-21)11-7-19-15(14(16)17)20-13(9)11;1-13-4-6-2-7(11-5-14)3-8(10)9(6)12-13;1-2/h3-4,7,10,14,18H,5-6,8H2,1-2H3;2-5H,1H3,(H,11,14);1-2H3. The van der Waals surface area contributed by atoms with Crippen molar-refractivity contribution in [2.75, 3.05) is 29.9 Å². The van der Waals surface area contributed by atoms with Gasteiger partial charge in [-0.05, 0) is 37.6 Å². The number of alkyl halides is 2. The van der Waals surface area contributed by atoms with Crippen LogP contribution in [-0.2, 0) is 11.8 Å². The van der Waals surface area contributed by atoms with E-state index in [1.165, 1.54) is 16.9 Å². The van der Waals surface area contributed by atoms with Crippen LogP contribution in [0.3, 0.4) is 0 Å². The summed E-state index contributed by atoms with van der Waals surface area (Å²) in [5.74, 6) is -0.844. The van der Waals surface area contributed by atoms with Gasteiger partial charge in [0.15, 0.2) is 11.6 Å². The molecular weight excluding hydrogens is 483 g/mol. The summed E-state index contributed by atoms with van der Waals surface area (Å²) in [4.78, 5) is 20.3. The highest BCUT2D eigenvalue weighted by molar-refractivity contribution is 5.93. The molecule has 1 atom stereocenters. The second-order valence-corrected chi connectivity index (χ2v) is 8.45. The Kier molecular flexibility index (Phi) is 9.40. The van der Waals surface area contributed by atoms with Crippen LogP contribution < -0.4 is 15.5 Å². The maximum atomic E-state index is 13.4. The lowest BCUT2D eigenvalue weighted by Gasteiger charge is -2.34. The summed E-state index contributed by atoms with van der Waals surface area (Å²) < 4.78 is 40.5. The van der Waals surface area contributed by atoms with Gasteiger partial charge in [-0.15, -0.1) is 0 Å². The second-order valence-electron chi connectivity index (χ2n) is 8.45. The second kappa shape index (κ2) is 12.5. The van der Waals surface area contributed by atoms with Crippen LogP contribution in [0.15, 0.2) is 36.7 Å². The molecule has 0 radical (unpaired) electrons. The zero-order valence-corrected chi connectivity index (χ0v) is 21.6. The number of hydrogen-bond donors (Lipinski definition) is 2. The molecule has 5 rings (SSSR count). The Morgan fingerprint density at radius 2 is 1.97 bits per heavy atom. The van der Waals surface area contributed by atoms with E-state index in [9.17, 15) is 18.0 Å². The van der Waals surface area contributed by atoms with Crippen LogP contribution in [-0.4, -0.2) is 51.8 Å². The summed E-state index contributed by atoms with van der Waals surface area (Å²) >= 11 is 0. The molecule has 1 saturated heterocycles. The number of amides is 1. The minimum absolute atomic E-state index is 0.309. The van der Waals surface area contributed by atoms with Crippen LogP contribution in [0.2, 0.25) is 0 Å². The summed E-state index contributed by atoms with van der Waals surface area (Å²) in [5, 5.41) is 11.2. The number of rotatable bonds is 4. The van der Waals surface area contributed by atoms with E-state index in [1.54, 1.807) is 19.3 Å². The minimum Gasteiger partial charge on any atom is -0.368 e. The average molecular weight is 516 g/mol. The van der Waals surface area contributed by atoms with Gasteiger partial charge in [0, 0.05) is 67.3 Å². The molecule has 1 amide bonds. The van der Waals surface area contributed by atoms with Gasteiger partial charge >= 0.3 is 0 Å². The number of carbonyl (C=O) groups excluding carboxylic acids is 1. The first kappa shape index (κ1) is 27.9. The van der Waals surface area contributed by atoms with E-state index < -0.39 is 18.1 Å². The number of nitrogens with zero attached hydrogens (tertiary/aromatic N) is 5. The van der Waals surface area contributed by atoms with Crippen LogP contribution >= 0.6 is 0 Å². The largest absolute Gasteiger partial charge is 0.368 e. The topological polar surface area (TPSA) is 88.0 Å². The van der Waals surface area contributed by atoms with Crippen LogP contribution in [0.4, 0.5) is 24.5 Å². The molecule has 8 nitrogen and oxygen atoms in total. The first-order valence-corrected chi connectivity index (χ1v) is 12.1. The van der Waals surface area contributed by atoms with Crippen LogP contribution in [0, 0.1) is 12.7 Å². The number of nitrogens with one attached hydrogen (secondary N) is 2. The molecule has 1 aliphatic rings. The van der Waals surface area contributed by atoms with Crippen molar-refractivity contribution in [3.8, 4) is 0 Å². The van der Waals surface area contributed by atoms with E-state index in [0.717, 1.165) is 36.3 Å². The van der Waals surface area contributed by atoms with Gasteiger partial charge in [-0.2, -0.15) is 5.10 Å². The molecule has 2 aromatic heterocycles. The number of hydrogen-bond acceptors (Lipinski definition) is 6. The quantitative estimate of drug-likeness (QED) is 0.373. The smallest absolute Gasteiger partial charge is 0.297 e. The Balaban J connectivity index is 0.000000207. The average Bonchev–Trinajstić information content (AvgIpc) is 3.27. The molecule has 2 aromatic carbocycles. The highest BCUT2D eigenvalue weighted by atomic mass is 19.3. The van der Waals surface area contributed by atoms with Gasteiger partial charge in [-0.1, -0.05) is 19.9 Å². The van der Waals surface area contributed by atoms with Crippen molar-refractivity contribution in [1.82, 2.24) is 25.1 Å². The maximum Gasteiger partial charge on any atom is 0.297 e. The van der Waals surface area contributed by atoms with E-state index in [0.29, 0.717) is 34.6 Å². The SMILES string of the molecule is CC.Cc1ccc(N2CCNC(C)C2)c2cnc(C(F)F)nc12.Cn1cc2cc(NC=O)cc(F)c2n1. The van der Waals surface area contributed by atoms with Crippen molar-refractivity contribution >= 4 is 39.6 Å². The fraction of sp³-hybridized carbons (Fsp3) is 0.385. The Morgan fingerprint density at radius 3 is 2.65 bits per heavy atom. The number of aryl methyl sites for hydroxylation is 2. The third-order valence-electron chi connectivity index (χ3n) is 5.75. The lowest BCUT2D eigenvalue weighted by atomic mass is 10.1. The molecule has 198 valence electrons. The third-order valence-corrected chi connectivity index (χ3v) is 5.75. The van der Waals surface area contributed by atoms with Crippen molar-refractivity contribution in [3.05, 3.63) is 53.9 Å². The van der Waals surface area contributed by atoms with Crippen molar-refractivity contribution in [3.63, 3.8) is 0 Å². The number of piperazine rings is 1. The monoisotopic (exact) mass is 515 g/mol. The summed E-state index contributed by atoms with van der Waals surface area (Å²) in [6.07, 6.45) is 1.08. The summed E-state index contributed by atoms with van der Waals surface area (Å²) in [6.45, 7) is 10.7. The van der Waals surface area contributed by atoms with Gasteiger partial charge in [0.1, 0.15) is 5.52 Å². The Labute approximate surface area is 213 Å². The highest BCUT2D eigenvalue weighted by Crippen LogP contribution is 2.30.